The fourth-order valence-electron chi connectivity index (χ4n) is 1.90. The molecule has 0 atom stereocenters. The second-order valence-corrected chi connectivity index (χ2v) is 6.49. The molecule has 0 heterocycles. The third-order valence-electron chi connectivity index (χ3n) is 3.88. The average molecular weight is 311 g/mol. The van der Waals surface area contributed by atoms with Gasteiger partial charge in [-0.3, -0.25) is 0 Å². The van der Waals surface area contributed by atoms with Crippen LogP contribution in [0.2, 0.25) is 0 Å². The molecular formula is C23H34. The quantitative estimate of drug-likeness (QED) is 0.480. The van der Waals surface area contributed by atoms with Gasteiger partial charge in [0.25, 0.3) is 0 Å². The second-order valence-electron chi connectivity index (χ2n) is 6.49. The first-order chi connectivity index (χ1) is 10.9. The molecule has 0 bridgehead atoms. The van der Waals surface area contributed by atoms with Gasteiger partial charge < -0.3 is 0 Å². The van der Waals surface area contributed by atoms with Crippen molar-refractivity contribution in [3.05, 3.63) is 77.9 Å². The third kappa shape index (κ3) is 8.40. The Bertz CT molecular complexity index is 548. The first-order valence-corrected chi connectivity index (χ1v) is 8.58. The number of hydrogen-bond donors (Lipinski definition) is 0. The number of allylic oxidation sites excluding steroid dienone is 5. The lowest BCUT2D eigenvalue weighted by atomic mass is 9.87. The summed E-state index contributed by atoms with van der Waals surface area (Å²) in [6.45, 7) is 20.7. The Morgan fingerprint density at radius 1 is 1.09 bits per heavy atom. The van der Waals surface area contributed by atoms with E-state index >= 15 is 0 Å². The molecule has 1 aromatic carbocycles. The van der Waals surface area contributed by atoms with Gasteiger partial charge in [0.15, 0.2) is 0 Å². The van der Waals surface area contributed by atoms with Crippen LogP contribution < -0.4 is 0 Å². The molecule has 0 unspecified atom stereocenters. The highest BCUT2D eigenvalue weighted by atomic mass is 14.2. The Hall–Kier alpha value is -1.82. The smallest absolute Gasteiger partial charge is 0.0173 e. The fourth-order valence-corrected chi connectivity index (χ4v) is 1.90. The maximum absolute atomic E-state index is 3.93. The highest BCUT2D eigenvalue weighted by Crippen LogP contribution is 2.24. The third-order valence-corrected chi connectivity index (χ3v) is 3.88. The molecule has 1 aromatic rings. The molecule has 0 aromatic heterocycles. The molecule has 0 N–H and O–H groups in total. The van der Waals surface area contributed by atoms with E-state index in [4.69, 9.17) is 0 Å². The van der Waals surface area contributed by atoms with E-state index in [1.807, 2.05) is 26.0 Å². The molecule has 0 radical (unpaired) electrons. The van der Waals surface area contributed by atoms with Crippen LogP contribution in [0.5, 0.6) is 0 Å². The van der Waals surface area contributed by atoms with Crippen molar-refractivity contribution in [2.45, 2.75) is 54.4 Å². The zero-order chi connectivity index (χ0) is 17.9. The minimum Gasteiger partial charge on any atom is -0.0988 e. The molecule has 1 rings (SSSR count). The van der Waals surface area contributed by atoms with Crippen molar-refractivity contribution in [2.75, 3.05) is 0 Å². The van der Waals surface area contributed by atoms with Gasteiger partial charge in [-0.05, 0) is 41.9 Å². The summed E-state index contributed by atoms with van der Waals surface area (Å²) in [4.78, 5) is 0. The average Bonchev–Trinajstić information content (AvgIpc) is 2.56. The standard InChI is InChI=1S/C21H28.C2H6/c1-7-18(13-12-17(3)21(4,5)6)14-15-20-11-9-10-19(8-2)16-20;1-2/h7-13,16H,1-2,14-15H2,3-6H3;1-2H3/b17-12+,18-13+;. The molecule has 23 heavy (non-hydrogen) atoms. The minimum atomic E-state index is 0.223. The van der Waals surface area contributed by atoms with Gasteiger partial charge in [-0.1, -0.05) is 102 Å². The molecule has 0 spiro atoms. The summed E-state index contributed by atoms with van der Waals surface area (Å²) in [6.07, 6.45) is 10.3. The van der Waals surface area contributed by atoms with Crippen LogP contribution in [0, 0.1) is 5.41 Å². The van der Waals surface area contributed by atoms with Gasteiger partial charge in [0, 0.05) is 0 Å². The first kappa shape index (κ1) is 21.2. The molecule has 0 amide bonds. The largest absolute Gasteiger partial charge is 0.0988 e. The second kappa shape index (κ2) is 10.8. The van der Waals surface area contributed by atoms with Gasteiger partial charge in [0.05, 0.1) is 0 Å². The summed E-state index contributed by atoms with van der Waals surface area (Å²) in [7, 11) is 0. The maximum Gasteiger partial charge on any atom is -0.0173 e. The lowest BCUT2D eigenvalue weighted by Gasteiger charge is -2.18. The number of hydrogen-bond acceptors (Lipinski definition) is 0. The van der Waals surface area contributed by atoms with Gasteiger partial charge in [-0.15, -0.1) is 0 Å². The zero-order valence-electron chi connectivity index (χ0n) is 15.9. The van der Waals surface area contributed by atoms with Gasteiger partial charge >= 0.3 is 0 Å². The Labute approximate surface area is 144 Å². The molecule has 0 saturated carbocycles. The van der Waals surface area contributed by atoms with Gasteiger partial charge in [0.2, 0.25) is 0 Å². The van der Waals surface area contributed by atoms with Crippen molar-refractivity contribution in [2.24, 2.45) is 5.41 Å². The number of benzene rings is 1. The highest BCUT2D eigenvalue weighted by Gasteiger charge is 2.11. The van der Waals surface area contributed by atoms with Crippen LogP contribution in [0.4, 0.5) is 0 Å². The maximum atomic E-state index is 3.93. The Morgan fingerprint density at radius 2 is 1.74 bits per heavy atom. The van der Waals surface area contributed by atoms with E-state index in [-0.39, 0.29) is 5.41 Å². The summed E-state index contributed by atoms with van der Waals surface area (Å²) >= 11 is 0. The fraction of sp³-hybridized carbons (Fsp3) is 0.391. The topological polar surface area (TPSA) is 0 Å². The van der Waals surface area contributed by atoms with Crippen molar-refractivity contribution in [1.82, 2.24) is 0 Å². The van der Waals surface area contributed by atoms with Crippen LogP contribution in [0.3, 0.4) is 0 Å². The Balaban J connectivity index is 0.00000232. The summed E-state index contributed by atoms with van der Waals surface area (Å²) in [6, 6.07) is 8.54. The van der Waals surface area contributed by atoms with Gasteiger partial charge in [0.1, 0.15) is 0 Å². The van der Waals surface area contributed by atoms with Crippen LogP contribution in [-0.4, -0.2) is 0 Å². The molecule has 0 nitrogen and oxygen atoms in total. The van der Waals surface area contributed by atoms with E-state index < -0.39 is 0 Å². The van der Waals surface area contributed by atoms with Crippen LogP contribution >= 0.6 is 0 Å². The number of aryl methyl sites for hydroxylation is 1. The normalized spacial score (nSPS) is 12.3. The lowest BCUT2D eigenvalue weighted by molar-refractivity contribution is 0.504. The first-order valence-electron chi connectivity index (χ1n) is 8.58. The van der Waals surface area contributed by atoms with Gasteiger partial charge in [-0.25, -0.2) is 0 Å². The van der Waals surface area contributed by atoms with Gasteiger partial charge in [-0.2, -0.15) is 0 Å². The molecule has 0 aliphatic heterocycles. The summed E-state index contributed by atoms with van der Waals surface area (Å²) in [5, 5.41) is 0. The van der Waals surface area contributed by atoms with E-state index in [0.29, 0.717) is 0 Å². The van der Waals surface area contributed by atoms with Crippen molar-refractivity contribution in [1.29, 1.82) is 0 Å². The molecule has 0 heteroatoms. The van der Waals surface area contributed by atoms with Crippen molar-refractivity contribution < 1.29 is 0 Å². The molecule has 0 fully saturated rings. The molecule has 0 saturated heterocycles. The highest BCUT2D eigenvalue weighted by molar-refractivity contribution is 5.48. The number of rotatable bonds is 6. The Kier molecular flexibility index (Phi) is 9.97. The Morgan fingerprint density at radius 3 is 2.26 bits per heavy atom. The monoisotopic (exact) mass is 310 g/mol. The van der Waals surface area contributed by atoms with Crippen molar-refractivity contribution in [3.63, 3.8) is 0 Å². The van der Waals surface area contributed by atoms with E-state index in [2.05, 4.69) is 77.3 Å². The summed E-state index contributed by atoms with van der Waals surface area (Å²) in [5.74, 6) is 0. The molecular weight excluding hydrogens is 276 g/mol. The van der Waals surface area contributed by atoms with Crippen LogP contribution in [0.25, 0.3) is 6.08 Å². The molecule has 126 valence electrons. The van der Waals surface area contributed by atoms with E-state index in [1.165, 1.54) is 22.3 Å². The van der Waals surface area contributed by atoms with Crippen LogP contribution in [-0.2, 0) is 6.42 Å². The van der Waals surface area contributed by atoms with E-state index in [0.717, 1.165) is 12.8 Å². The SMILES string of the molecule is C=C/C(=C\C=C(/C)C(C)(C)C)CCc1cccc(C=C)c1.CC. The van der Waals surface area contributed by atoms with Crippen LogP contribution in [0.1, 0.15) is 59.1 Å². The van der Waals surface area contributed by atoms with E-state index in [9.17, 15) is 0 Å². The summed E-state index contributed by atoms with van der Waals surface area (Å²) in [5.41, 5.74) is 5.41. The zero-order valence-corrected chi connectivity index (χ0v) is 15.9. The van der Waals surface area contributed by atoms with Crippen molar-refractivity contribution >= 4 is 6.08 Å². The minimum absolute atomic E-state index is 0.223. The molecule has 0 aliphatic rings. The van der Waals surface area contributed by atoms with Crippen molar-refractivity contribution in [3.8, 4) is 0 Å². The van der Waals surface area contributed by atoms with E-state index in [1.54, 1.807) is 0 Å². The lowest BCUT2D eigenvalue weighted by Crippen LogP contribution is -2.05. The van der Waals surface area contributed by atoms with Crippen LogP contribution in [0.15, 0.2) is 66.8 Å². The predicted octanol–water partition coefficient (Wildman–Crippen LogP) is 7.39. The summed E-state index contributed by atoms with van der Waals surface area (Å²) < 4.78 is 0. The molecule has 0 aliphatic carbocycles. The predicted molar refractivity (Wildman–Crippen MR) is 108 cm³/mol.